The first-order chi connectivity index (χ1) is 21.0. The summed E-state index contributed by atoms with van der Waals surface area (Å²) in [6.07, 6.45) is -0.401. The molecule has 228 valence electrons. The number of carbonyl (C=O) groups excluding carboxylic acids is 2. The van der Waals surface area contributed by atoms with Gasteiger partial charge in [0.05, 0.1) is 22.7 Å². The zero-order valence-corrected chi connectivity index (χ0v) is 25.5. The van der Waals surface area contributed by atoms with Crippen LogP contribution in [0.3, 0.4) is 0 Å². The van der Waals surface area contributed by atoms with Gasteiger partial charge in [0.25, 0.3) is 0 Å². The zero-order valence-electron chi connectivity index (χ0n) is 24.6. The molecule has 1 aliphatic heterocycles. The van der Waals surface area contributed by atoms with Crippen molar-refractivity contribution < 1.29 is 22.8 Å². The molecule has 0 aliphatic carbocycles. The van der Waals surface area contributed by atoms with Gasteiger partial charge >= 0.3 is 6.18 Å². The van der Waals surface area contributed by atoms with Crippen molar-refractivity contribution in [1.29, 1.82) is 0 Å². The maximum atomic E-state index is 12.8. The molecule has 0 radical (unpaired) electrons. The van der Waals surface area contributed by atoms with Crippen molar-refractivity contribution in [3.05, 3.63) is 95.3 Å². The first-order valence-electron chi connectivity index (χ1n) is 14.4. The lowest BCUT2D eigenvalue weighted by atomic mass is 9.99. The lowest BCUT2D eigenvalue weighted by molar-refractivity contribution is -0.137. The Hall–Kier alpha value is -4.25. The molecule has 2 heterocycles. The fourth-order valence-electron chi connectivity index (χ4n) is 4.93. The Morgan fingerprint density at radius 1 is 1.02 bits per heavy atom. The monoisotopic (exact) mass is 619 g/mol. The van der Waals surface area contributed by atoms with Crippen molar-refractivity contribution in [3.8, 4) is 17.1 Å². The van der Waals surface area contributed by atoms with Crippen molar-refractivity contribution >= 4 is 34.4 Å². The molecule has 3 aromatic carbocycles. The van der Waals surface area contributed by atoms with E-state index in [0.29, 0.717) is 29.5 Å². The van der Waals surface area contributed by atoms with Crippen LogP contribution in [0.1, 0.15) is 61.3 Å². The number of aryl methyl sites for hydroxylation is 2. The number of aromatic nitrogens is 3. The van der Waals surface area contributed by atoms with Gasteiger partial charge in [-0.2, -0.15) is 18.2 Å². The van der Waals surface area contributed by atoms with Crippen LogP contribution in [-0.4, -0.2) is 37.5 Å². The van der Waals surface area contributed by atoms with Gasteiger partial charge in [-0.25, -0.2) is 9.67 Å². The predicted octanol–water partition coefficient (Wildman–Crippen LogP) is 7.76. The minimum absolute atomic E-state index is 0.0703. The van der Waals surface area contributed by atoms with Gasteiger partial charge < -0.3 is 0 Å². The molecule has 0 unspecified atom stereocenters. The number of rotatable bonds is 9. The second-order valence-electron chi connectivity index (χ2n) is 11.0. The Labute approximate surface area is 258 Å². The largest absolute Gasteiger partial charge is 0.416 e. The van der Waals surface area contributed by atoms with E-state index in [2.05, 4.69) is 28.9 Å². The highest BCUT2D eigenvalue weighted by Gasteiger charge is 2.32. The minimum Gasteiger partial charge on any atom is -0.273 e. The number of hydrogen-bond donors (Lipinski definition) is 0. The number of halogens is 3. The Morgan fingerprint density at radius 2 is 1.75 bits per heavy atom. The lowest BCUT2D eigenvalue weighted by Crippen LogP contribution is -2.31. The molecule has 7 nitrogen and oxygen atoms in total. The number of benzene rings is 3. The van der Waals surface area contributed by atoms with Crippen molar-refractivity contribution in [2.45, 2.75) is 58.5 Å². The zero-order chi connectivity index (χ0) is 31.4. The summed E-state index contributed by atoms with van der Waals surface area (Å²) < 4.78 is 40.0. The van der Waals surface area contributed by atoms with Gasteiger partial charge in [0.2, 0.25) is 11.8 Å². The van der Waals surface area contributed by atoms with E-state index in [1.54, 1.807) is 4.90 Å². The van der Waals surface area contributed by atoms with Gasteiger partial charge in [0.1, 0.15) is 6.33 Å². The normalized spacial score (nSPS) is 14.7. The quantitative estimate of drug-likeness (QED) is 0.179. The Kier molecular flexibility index (Phi) is 9.33. The first kappa shape index (κ1) is 31.2. The molecule has 1 aliphatic rings. The van der Waals surface area contributed by atoms with Crippen molar-refractivity contribution in [2.75, 3.05) is 10.7 Å². The molecule has 44 heavy (non-hydrogen) atoms. The fraction of sp³-hybridized carbons (Fsp3) is 0.303. The predicted molar refractivity (Wildman–Crippen MR) is 167 cm³/mol. The van der Waals surface area contributed by atoms with Crippen LogP contribution in [0, 0.1) is 6.92 Å². The maximum absolute atomic E-state index is 12.8. The number of anilines is 1. The molecule has 5 rings (SSSR count). The van der Waals surface area contributed by atoms with E-state index < -0.39 is 11.7 Å². The summed E-state index contributed by atoms with van der Waals surface area (Å²) in [6.45, 7) is 6.14. The molecule has 0 spiro atoms. The number of nitrogens with zero attached hydrogens (tertiary/aromatic N) is 5. The number of amidine groups is 1. The second-order valence-corrected chi connectivity index (χ2v) is 11.9. The van der Waals surface area contributed by atoms with Crippen LogP contribution in [0.4, 0.5) is 18.9 Å². The molecule has 0 saturated carbocycles. The van der Waals surface area contributed by atoms with Crippen LogP contribution in [0.5, 0.6) is 0 Å². The summed E-state index contributed by atoms with van der Waals surface area (Å²) in [5.74, 6) is 0.634. The summed E-state index contributed by atoms with van der Waals surface area (Å²) >= 11 is 1.30. The van der Waals surface area contributed by atoms with E-state index in [0.717, 1.165) is 52.9 Å². The average molecular weight is 620 g/mol. The highest BCUT2D eigenvalue weighted by Crippen LogP contribution is 2.34. The summed E-state index contributed by atoms with van der Waals surface area (Å²) in [4.78, 5) is 35.7. The summed E-state index contributed by atoms with van der Waals surface area (Å²) in [6, 6.07) is 18.5. The molecular weight excluding hydrogens is 587 g/mol. The van der Waals surface area contributed by atoms with E-state index in [1.165, 1.54) is 34.9 Å². The van der Waals surface area contributed by atoms with Crippen LogP contribution in [0.15, 0.2) is 78.0 Å². The number of thioether (sulfide) groups is 1. The van der Waals surface area contributed by atoms with E-state index >= 15 is 0 Å². The molecule has 0 N–H and O–H groups in total. The third-order valence-corrected chi connectivity index (χ3v) is 8.23. The van der Waals surface area contributed by atoms with Gasteiger partial charge in [-0.1, -0.05) is 62.0 Å². The Bertz CT molecular complexity index is 1680. The smallest absolute Gasteiger partial charge is 0.273 e. The molecule has 1 aromatic heterocycles. The topological polar surface area (TPSA) is 80.5 Å². The molecule has 0 atom stereocenters. The highest BCUT2D eigenvalue weighted by molar-refractivity contribution is 8.15. The van der Waals surface area contributed by atoms with Gasteiger partial charge in [-0.05, 0) is 79.1 Å². The van der Waals surface area contributed by atoms with Gasteiger partial charge in [-0.15, -0.1) is 5.10 Å². The Morgan fingerprint density at radius 3 is 2.43 bits per heavy atom. The van der Waals surface area contributed by atoms with Crippen LogP contribution >= 0.6 is 11.8 Å². The van der Waals surface area contributed by atoms with E-state index in [9.17, 15) is 22.8 Å². The number of unbranched alkanes of at least 4 members (excludes halogenated alkanes) is 1. The van der Waals surface area contributed by atoms with E-state index in [4.69, 9.17) is 0 Å². The number of hydrogen-bond acceptors (Lipinski definition) is 5. The van der Waals surface area contributed by atoms with E-state index in [1.807, 2.05) is 49.4 Å². The van der Waals surface area contributed by atoms with Crippen LogP contribution < -0.4 is 4.90 Å². The minimum atomic E-state index is -4.39. The molecule has 4 aromatic rings. The standard InChI is InChI=1S/C33H32F3N5O2S/c1-21(2)27-17-8-22(3)18-28(27)41-30(43)19-44-32(41)38-29(42)7-5-4-6-23-9-11-24(12-10-23)31-37-20-40(39-31)26-15-13-25(14-16-26)33(34,35)36/h8-18,20-21H,4-7,19H2,1-3H3. The lowest BCUT2D eigenvalue weighted by Gasteiger charge is -2.22. The molecule has 11 heteroatoms. The van der Waals surface area contributed by atoms with Gasteiger partial charge in [-0.3, -0.25) is 14.5 Å². The summed E-state index contributed by atoms with van der Waals surface area (Å²) in [7, 11) is 0. The van der Waals surface area contributed by atoms with Gasteiger partial charge in [0, 0.05) is 12.0 Å². The van der Waals surface area contributed by atoms with E-state index in [-0.39, 0.29) is 23.5 Å². The molecular formula is C33H32F3N5O2S. The van der Waals surface area contributed by atoms with Crippen LogP contribution in [-0.2, 0) is 22.2 Å². The van der Waals surface area contributed by atoms with Crippen molar-refractivity contribution in [2.24, 2.45) is 4.99 Å². The Balaban J connectivity index is 1.14. The number of amides is 2. The third-order valence-electron chi connectivity index (χ3n) is 7.30. The van der Waals surface area contributed by atoms with Crippen molar-refractivity contribution in [1.82, 2.24) is 14.8 Å². The molecule has 1 saturated heterocycles. The molecule has 2 amide bonds. The molecule has 0 bridgehead atoms. The number of alkyl halides is 3. The number of aliphatic imine (C=N–C) groups is 1. The van der Waals surface area contributed by atoms with Gasteiger partial charge in [0.15, 0.2) is 11.0 Å². The summed E-state index contributed by atoms with van der Waals surface area (Å²) in [5, 5.41) is 4.85. The van der Waals surface area contributed by atoms with Crippen molar-refractivity contribution in [3.63, 3.8) is 0 Å². The SMILES string of the molecule is Cc1ccc(C(C)C)c(N2C(=O)CSC2=NC(=O)CCCCc2ccc(-c3ncn(-c4ccc(C(F)(F)F)cc4)n3)cc2)c1. The van der Waals surface area contributed by atoms with Crippen LogP contribution in [0.25, 0.3) is 17.1 Å². The highest BCUT2D eigenvalue weighted by atomic mass is 32.2. The van der Waals surface area contributed by atoms with Crippen LogP contribution in [0.2, 0.25) is 0 Å². The number of carbonyl (C=O) groups is 2. The third kappa shape index (κ3) is 7.27. The fourth-order valence-corrected chi connectivity index (χ4v) is 5.81. The molecule has 1 fully saturated rings. The second kappa shape index (κ2) is 13.2. The summed E-state index contributed by atoms with van der Waals surface area (Å²) in [5.41, 5.74) is 4.52. The maximum Gasteiger partial charge on any atom is 0.416 e. The first-order valence-corrected chi connectivity index (χ1v) is 15.3. The average Bonchev–Trinajstić information content (AvgIpc) is 3.62.